The summed E-state index contributed by atoms with van der Waals surface area (Å²) in [5.41, 5.74) is 2.59. The lowest BCUT2D eigenvalue weighted by molar-refractivity contribution is 0.530. The van der Waals surface area contributed by atoms with Crippen molar-refractivity contribution in [2.45, 2.75) is 13.5 Å². The van der Waals surface area contributed by atoms with Crippen molar-refractivity contribution in [3.63, 3.8) is 0 Å². The first-order valence-corrected chi connectivity index (χ1v) is 7.61. The number of aromatic amines is 1. The summed E-state index contributed by atoms with van der Waals surface area (Å²) in [6.45, 7) is 2.17. The molecule has 0 atom stereocenters. The van der Waals surface area contributed by atoms with E-state index in [0.717, 1.165) is 11.1 Å². The Balaban J connectivity index is 1.52. The molecule has 0 aliphatic rings. The Kier molecular flexibility index (Phi) is 3.77. The number of halogens is 1. The Hall–Kier alpha value is -3.42. The van der Waals surface area contributed by atoms with E-state index < -0.39 is 0 Å². The van der Waals surface area contributed by atoms with E-state index in [0.29, 0.717) is 29.5 Å². The van der Waals surface area contributed by atoms with Gasteiger partial charge in [-0.3, -0.25) is 5.10 Å². The lowest BCUT2D eigenvalue weighted by Gasteiger charge is -2.04. The summed E-state index contributed by atoms with van der Waals surface area (Å²) in [7, 11) is 0. The largest absolute Gasteiger partial charge is 0.469 e. The zero-order valence-corrected chi connectivity index (χ0v) is 13.3. The standard InChI is InChI=1S/C17H14FN5O2/c1-10-12(6-7-24-10)16-22-23-17(25-16)19-8-11-9-20-21-15(11)13-4-2-3-5-14(13)18/h2-7,9H,8H2,1H3,(H,19,23)(H,20,21). The zero-order valence-electron chi connectivity index (χ0n) is 13.3. The summed E-state index contributed by atoms with van der Waals surface area (Å²) in [4.78, 5) is 0. The van der Waals surface area contributed by atoms with Gasteiger partial charge < -0.3 is 14.2 Å². The molecule has 0 bridgehead atoms. The van der Waals surface area contributed by atoms with E-state index >= 15 is 0 Å². The number of nitrogens with zero attached hydrogens (tertiary/aromatic N) is 3. The number of anilines is 1. The van der Waals surface area contributed by atoms with E-state index in [1.165, 1.54) is 6.07 Å². The Labute approximate surface area is 141 Å². The third kappa shape index (κ3) is 2.89. The van der Waals surface area contributed by atoms with Gasteiger partial charge in [-0.05, 0) is 25.1 Å². The summed E-state index contributed by atoms with van der Waals surface area (Å²) in [5.74, 6) is 0.755. The normalized spacial score (nSPS) is 11.0. The Morgan fingerprint density at radius 1 is 1.16 bits per heavy atom. The molecule has 8 heteroatoms. The van der Waals surface area contributed by atoms with E-state index in [2.05, 4.69) is 25.7 Å². The van der Waals surface area contributed by atoms with Crippen LogP contribution >= 0.6 is 0 Å². The number of aromatic nitrogens is 4. The molecule has 0 fully saturated rings. The summed E-state index contributed by atoms with van der Waals surface area (Å²) in [5, 5.41) is 17.8. The SMILES string of the molecule is Cc1occc1-c1nnc(NCc2cn[nH]c2-c2ccccc2F)o1. The summed E-state index contributed by atoms with van der Waals surface area (Å²) in [6.07, 6.45) is 3.19. The average molecular weight is 339 g/mol. The predicted molar refractivity (Wildman–Crippen MR) is 88.0 cm³/mol. The molecule has 0 saturated heterocycles. The lowest BCUT2D eigenvalue weighted by atomic mass is 10.1. The molecule has 3 heterocycles. The molecule has 0 saturated carbocycles. The molecule has 1 aromatic carbocycles. The van der Waals surface area contributed by atoms with E-state index in [-0.39, 0.29) is 11.8 Å². The zero-order chi connectivity index (χ0) is 17.2. The van der Waals surface area contributed by atoms with Crippen molar-refractivity contribution in [2.75, 3.05) is 5.32 Å². The fourth-order valence-corrected chi connectivity index (χ4v) is 2.52. The van der Waals surface area contributed by atoms with Gasteiger partial charge in [0.25, 0.3) is 5.89 Å². The predicted octanol–water partition coefficient (Wildman–Crippen LogP) is 3.78. The molecular weight excluding hydrogens is 325 g/mol. The van der Waals surface area contributed by atoms with Gasteiger partial charge in [-0.25, -0.2) is 4.39 Å². The number of hydrogen-bond acceptors (Lipinski definition) is 6. The topological polar surface area (TPSA) is 92.8 Å². The monoisotopic (exact) mass is 339 g/mol. The van der Waals surface area contributed by atoms with Crippen LogP contribution in [0.25, 0.3) is 22.7 Å². The first-order chi connectivity index (χ1) is 12.2. The van der Waals surface area contributed by atoms with Crippen LogP contribution in [0, 0.1) is 12.7 Å². The quantitative estimate of drug-likeness (QED) is 0.575. The molecule has 0 amide bonds. The number of benzene rings is 1. The number of H-pyrrole nitrogens is 1. The van der Waals surface area contributed by atoms with Crippen LogP contribution in [-0.2, 0) is 6.54 Å². The molecule has 126 valence electrons. The number of hydrogen-bond donors (Lipinski definition) is 2. The van der Waals surface area contributed by atoms with Crippen molar-refractivity contribution >= 4 is 6.01 Å². The van der Waals surface area contributed by atoms with Gasteiger partial charge in [-0.2, -0.15) is 5.10 Å². The van der Waals surface area contributed by atoms with Crippen molar-refractivity contribution in [1.82, 2.24) is 20.4 Å². The van der Waals surface area contributed by atoms with E-state index in [4.69, 9.17) is 8.83 Å². The van der Waals surface area contributed by atoms with Gasteiger partial charge >= 0.3 is 6.01 Å². The maximum atomic E-state index is 14.0. The molecule has 2 N–H and O–H groups in total. The highest BCUT2D eigenvalue weighted by atomic mass is 19.1. The van der Waals surface area contributed by atoms with Gasteiger partial charge in [0.2, 0.25) is 0 Å². The Bertz CT molecular complexity index is 1000. The minimum atomic E-state index is -0.316. The van der Waals surface area contributed by atoms with Gasteiger partial charge in [0, 0.05) is 17.7 Å². The maximum Gasteiger partial charge on any atom is 0.316 e. The molecule has 0 unspecified atom stereocenters. The Morgan fingerprint density at radius 2 is 2.04 bits per heavy atom. The van der Waals surface area contributed by atoms with Gasteiger partial charge in [0.1, 0.15) is 11.6 Å². The van der Waals surface area contributed by atoms with Crippen molar-refractivity contribution in [1.29, 1.82) is 0 Å². The highest BCUT2D eigenvalue weighted by Gasteiger charge is 2.15. The number of aryl methyl sites for hydroxylation is 1. The number of rotatable bonds is 5. The fraction of sp³-hybridized carbons (Fsp3) is 0.118. The molecule has 0 radical (unpaired) electrons. The lowest BCUT2D eigenvalue weighted by Crippen LogP contribution is -2.00. The van der Waals surface area contributed by atoms with Crippen molar-refractivity contribution in [3.05, 3.63) is 59.9 Å². The third-order valence-electron chi connectivity index (χ3n) is 3.81. The van der Waals surface area contributed by atoms with Crippen molar-refractivity contribution < 1.29 is 13.2 Å². The van der Waals surface area contributed by atoms with E-state index in [9.17, 15) is 4.39 Å². The van der Waals surface area contributed by atoms with Crippen molar-refractivity contribution in [3.8, 4) is 22.7 Å². The van der Waals surface area contributed by atoms with Crippen LogP contribution < -0.4 is 5.32 Å². The van der Waals surface area contributed by atoms with Gasteiger partial charge in [-0.15, -0.1) is 5.10 Å². The van der Waals surface area contributed by atoms with Crippen LogP contribution in [0.3, 0.4) is 0 Å². The van der Waals surface area contributed by atoms with Crippen LogP contribution in [0.5, 0.6) is 0 Å². The van der Waals surface area contributed by atoms with E-state index in [1.807, 2.05) is 6.92 Å². The summed E-state index contributed by atoms with van der Waals surface area (Å²) < 4.78 is 24.8. The van der Waals surface area contributed by atoms with Crippen molar-refractivity contribution in [2.24, 2.45) is 0 Å². The van der Waals surface area contributed by atoms with Gasteiger partial charge in [-0.1, -0.05) is 17.2 Å². The molecule has 4 rings (SSSR count). The Morgan fingerprint density at radius 3 is 2.84 bits per heavy atom. The minimum absolute atomic E-state index is 0.260. The average Bonchev–Trinajstić information content (AvgIpc) is 3.33. The number of furan rings is 1. The molecule has 3 aromatic heterocycles. The van der Waals surface area contributed by atoms with Crippen LogP contribution in [0.4, 0.5) is 10.4 Å². The molecule has 0 aliphatic carbocycles. The third-order valence-corrected chi connectivity index (χ3v) is 3.81. The molecule has 25 heavy (non-hydrogen) atoms. The van der Waals surface area contributed by atoms with Gasteiger partial charge in [0.15, 0.2) is 0 Å². The summed E-state index contributed by atoms with van der Waals surface area (Å²) >= 11 is 0. The molecule has 0 aliphatic heterocycles. The molecule has 0 spiro atoms. The smallest absolute Gasteiger partial charge is 0.316 e. The second-order valence-corrected chi connectivity index (χ2v) is 5.41. The second-order valence-electron chi connectivity index (χ2n) is 5.41. The highest BCUT2D eigenvalue weighted by Crippen LogP contribution is 2.26. The van der Waals surface area contributed by atoms with Crippen LogP contribution in [0.1, 0.15) is 11.3 Å². The van der Waals surface area contributed by atoms with E-state index in [1.54, 1.807) is 36.7 Å². The first-order valence-electron chi connectivity index (χ1n) is 7.61. The highest BCUT2D eigenvalue weighted by molar-refractivity contribution is 5.63. The van der Waals surface area contributed by atoms with Crippen LogP contribution in [-0.4, -0.2) is 20.4 Å². The second kappa shape index (κ2) is 6.23. The maximum absolute atomic E-state index is 14.0. The molecule has 7 nitrogen and oxygen atoms in total. The van der Waals surface area contributed by atoms with Gasteiger partial charge in [0.05, 0.1) is 23.7 Å². The first kappa shape index (κ1) is 15.1. The molecule has 4 aromatic rings. The summed E-state index contributed by atoms with van der Waals surface area (Å²) in [6, 6.07) is 8.54. The van der Waals surface area contributed by atoms with Crippen LogP contribution in [0.15, 0.2) is 51.6 Å². The molecular formula is C17H14FN5O2. The van der Waals surface area contributed by atoms with Crippen LogP contribution in [0.2, 0.25) is 0 Å². The number of nitrogens with one attached hydrogen (secondary N) is 2. The minimum Gasteiger partial charge on any atom is -0.469 e. The fourth-order valence-electron chi connectivity index (χ4n) is 2.52.